The summed E-state index contributed by atoms with van der Waals surface area (Å²) in [5.74, 6) is 0.612. The molecule has 1 unspecified atom stereocenters. The number of pyridine rings is 1. The highest BCUT2D eigenvalue weighted by atomic mass is 79.9. The second-order valence-corrected chi connectivity index (χ2v) is 6.31. The lowest BCUT2D eigenvalue weighted by Crippen LogP contribution is -2.25. The van der Waals surface area contributed by atoms with Gasteiger partial charge in [-0.1, -0.05) is 20.8 Å². The van der Waals surface area contributed by atoms with E-state index < -0.39 is 6.10 Å². The molecule has 1 heterocycles. The first-order valence-corrected chi connectivity index (χ1v) is 6.40. The number of hydrogen-bond donors (Lipinski definition) is 3. The van der Waals surface area contributed by atoms with Gasteiger partial charge in [-0.05, 0) is 33.8 Å². The van der Waals surface area contributed by atoms with E-state index in [0.29, 0.717) is 18.1 Å². The van der Waals surface area contributed by atoms with Gasteiger partial charge in [0.15, 0.2) is 0 Å². The molecule has 1 aromatic rings. The number of aliphatic hydroxyl groups excluding tert-OH is 1. The molecule has 0 saturated heterocycles. The van der Waals surface area contributed by atoms with Crippen molar-refractivity contribution in [3.05, 3.63) is 16.7 Å². The predicted molar refractivity (Wildman–Crippen MR) is 74.9 cm³/mol. The van der Waals surface area contributed by atoms with Crippen molar-refractivity contribution in [1.82, 2.24) is 4.98 Å². The van der Waals surface area contributed by atoms with Crippen molar-refractivity contribution in [2.24, 2.45) is 5.41 Å². The summed E-state index contributed by atoms with van der Waals surface area (Å²) in [5.41, 5.74) is 6.48. The molecule has 0 bridgehead atoms. The van der Waals surface area contributed by atoms with Crippen molar-refractivity contribution in [3.8, 4) is 0 Å². The molecule has 0 aromatic carbocycles. The number of nitrogens with one attached hydrogen (secondary N) is 1. The van der Waals surface area contributed by atoms with Gasteiger partial charge in [0, 0.05) is 17.2 Å². The number of aliphatic hydroxyl groups is 1. The van der Waals surface area contributed by atoms with Crippen molar-refractivity contribution >= 4 is 27.4 Å². The zero-order valence-electron chi connectivity index (χ0n) is 10.5. The maximum absolute atomic E-state index is 9.85. The van der Waals surface area contributed by atoms with E-state index in [0.717, 1.165) is 10.9 Å². The number of halogens is 1. The highest BCUT2D eigenvalue weighted by molar-refractivity contribution is 9.10. The van der Waals surface area contributed by atoms with Crippen molar-refractivity contribution in [2.45, 2.75) is 33.3 Å². The molecule has 0 spiro atoms. The Labute approximate surface area is 111 Å². The molecular formula is C12H20BrN3O. The molecule has 0 aliphatic carbocycles. The van der Waals surface area contributed by atoms with Crippen LogP contribution in [-0.4, -0.2) is 22.7 Å². The Bertz CT molecular complexity index is 377. The molecule has 1 aromatic heterocycles. The van der Waals surface area contributed by atoms with Crippen LogP contribution in [0.25, 0.3) is 0 Å². The maximum atomic E-state index is 9.85. The van der Waals surface area contributed by atoms with Crippen LogP contribution in [0.2, 0.25) is 0 Å². The quantitative estimate of drug-likeness (QED) is 0.799. The van der Waals surface area contributed by atoms with Crippen molar-refractivity contribution in [2.75, 3.05) is 17.6 Å². The predicted octanol–water partition coefficient (Wildman–Crippen LogP) is 2.64. The van der Waals surface area contributed by atoms with Gasteiger partial charge < -0.3 is 16.2 Å². The normalized spacial score (nSPS) is 13.5. The summed E-state index contributed by atoms with van der Waals surface area (Å²) < 4.78 is 0.843. The molecule has 4 nitrogen and oxygen atoms in total. The van der Waals surface area contributed by atoms with Crippen LogP contribution in [0.1, 0.15) is 27.2 Å². The number of nitrogens with two attached hydrogens (primary N) is 1. The van der Waals surface area contributed by atoms with Crippen LogP contribution in [-0.2, 0) is 0 Å². The average Bonchev–Trinajstić information content (AvgIpc) is 2.13. The summed E-state index contributed by atoms with van der Waals surface area (Å²) in [6, 6.07) is 1.78. The fraction of sp³-hybridized carbons (Fsp3) is 0.583. The average molecular weight is 302 g/mol. The number of nitrogens with zero attached hydrogens (tertiary/aromatic N) is 1. The van der Waals surface area contributed by atoms with E-state index in [-0.39, 0.29) is 5.41 Å². The van der Waals surface area contributed by atoms with Crippen LogP contribution in [0, 0.1) is 5.41 Å². The number of anilines is 2. The maximum Gasteiger partial charge on any atom is 0.149 e. The number of nitrogen functional groups attached to an aromatic ring is 1. The van der Waals surface area contributed by atoms with E-state index in [9.17, 15) is 5.11 Å². The van der Waals surface area contributed by atoms with Crippen LogP contribution in [0.3, 0.4) is 0 Å². The van der Waals surface area contributed by atoms with Crippen LogP contribution < -0.4 is 11.1 Å². The van der Waals surface area contributed by atoms with Gasteiger partial charge >= 0.3 is 0 Å². The first-order valence-electron chi connectivity index (χ1n) is 5.61. The second-order valence-electron chi connectivity index (χ2n) is 5.39. The van der Waals surface area contributed by atoms with Gasteiger partial charge in [0.1, 0.15) is 5.82 Å². The Balaban J connectivity index is 2.50. The minimum atomic E-state index is -0.403. The Kier molecular flexibility index (Phi) is 4.77. The molecule has 1 rings (SSSR count). The van der Waals surface area contributed by atoms with Crippen molar-refractivity contribution in [3.63, 3.8) is 0 Å². The summed E-state index contributed by atoms with van der Waals surface area (Å²) in [7, 11) is 0. The number of hydrogen-bond acceptors (Lipinski definition) is 4. The molecule has 4 N–H and O–H groups in total. The zero-order valence-corrected chi connectivity index (χ0v) is 12.1. The molecule has 0 amide bonds. The molecule has 0 aliphatic heterocycles. The minimum Gasteiger partial charge on any atom is -0.396 e. The zero-order chi connectivity index (χ0) is 13.1. The third-order valence-corrected chi connectivity index (χ3v) is 2.67. The van der Waals surface area contributed by atoms with Gasteiger partial charge in [-0.25, -0.2) is 4.98 Å². The Hall–Kier alpha value is -0.810. The van der Waals surface area contributed by atoms with Crippen LogP contribution in [0.15, 0.2) is 16.7 Å². The van der Waals surface area contributed by atoms with E-state index in [4.69, 9.17) is 5.73 Å². The van der Waals surface area contributed by atoms with E-state index in [1.165, 1.54) is 0 Å². The third-order valence-electron chi connectivity index (χ3n) is 2.24. The molecule has 5 heteroatoms. The molecule has 0 saturated carbocycles. The van der Waals surface area contributed by atoms with Crippen LogP contribution in [0.5, 0.6) is 0 Å². The molecule has 1 atom stereocenters. The number of rotatable bonds is 4. The fourth-order valence-corrected chi connectivity index (χ4v) is 1.95. The molecule has 0 fully saturated rings. The topological polar surface area (TPSA) is 71.2 Å². The van der Waals surface area contributed by atoms with E-state index in [2.05, 4.69) is 47.0 Å². The molecule has 17 heavy (non-hydrogen) atoms. The van der Waals surface area contributed by atoms with Gasteiger partial charge in [-0.2, -0.15) is 0 Å². The largest absolute Gasteiger partial charge is 0.396 e. The highest BCUT2D eigenvalue weighted by Crippen LogP contribution is 2.22. The summed E-state index contributed by atoms with van der Waals surface area (Å²) in [6.45, 7) is 6.75. The van der Waals surface area contributed by atoms with E-state index >= 15 is 0 Å². The highest BCUT2D eigenvalue weighted by Gasteiger charge is 2.16. The Morgan fingerprint density at radius 1 is 1.53 bits per heavy atom. The van der Waals surface area contributed by atoms with Gasteiger partial charge in [-0.15, -0.1) is 0 Å². The monoisotopic (exact) mass is 301 g/mol. The summed E-state index contributed by atoms with van der Waals surface area (Å²) in [4.78, 5) is 4.15. The first-order chi connectivity index (χ1) is 7.78. The minimum absolute atomic E-state index is 0.111. The van der Waals surface area contributed by atoms with E-state index in [1.54, 1.807) is 12.3 Å². The smallest absolute Gasteiger partial charge is 0.149 e. The Morgan fingerprint density at radius 2 is 2.18 bits per heavy atom. The van der Waals surface area contributed by atoms with Crippen LogP contribution in [0.4, 0.5) is 11.5 Å². The molecular weight excluding hydrogens is 282 g/mol. The van der Waals surface area contributed by atoms with Crippen molar-refractivity contribution < 1.29 is 5.11 Å². The molecule has 0 aliphatic rings. The van der Waals surface area contributed by atoms with Crippen molar-refractivity contribution in [1.29, 1.82) is 0 Å². The second kappa shape index (κ2) is 5.69. The summed E-state index contributed by atoms with van der Waals surface area (Å²) in [5, 5.41) is 12.9. The lowest BCUT2D eigenvalue weighted by Gasteiger charge is -2.22. The molecule has 0 radical (unpaired) electrons. The Morgan fingerprint density at radius 3 is 2.71 bits per heavy atom. The summed E-state index contributed by atoms with van der Waals surface area (Å²) in [6.07, 6.45) is 2.01. The SMILES string of the molecule is CC(C)(C)CC(O)CNc1ncc(Br)cc1N. The first kappa shape index (κ1) is 14.3. The van der Waals surface area contributed by atoms with E-state index in [1.807, 2.05) is 0 Å². The number of aromatic nitrogens is 1. The van der Waals surface area contributed by atoms with Crippen LogP contribution >= 0.6 is 15.9 Å². The van der Waals surface area contributed by atoms with Gasteiger partial charge in [0.05, 0.1) is 11.8 Å². The fourth-order valence-electron chi connectivity index (χ4n) is 1.60. The standard InChI is InChI=1S/C12H20BrN3O/c1-12(2,3)5-9(17)7-16-11-10(14)4-8(13)6-15-11/h4,6,9,17H,5,7,14H2,1-3H3,(H,15,16). The summed E-state index contributed by atoms with van der Waals surface area (Å²) >= 11 is 3.30. The van der Waals surface area contributed by atoms with Gasteiger partial charge in [0.2, 0.25) is 0 Å². The lowest BCUT2D eigenvalue weighted by atomic mass is 9.89. The van der Waals surface area contributed by atoms with Gasteiger partial charge in [0.25, 0.3) is 0 Å². The molecule has 96 valence electrons. The van der Waals surface area contributed by atoms with Gasteiger partial charge in [-0.3, -0.25) is 0 Å². The third kappa shape index (κ3) is 5.37. The lowest BCUT2D eigenvalue weighted by molar-refractivity contribution is 0.132.